The quantitative estimate of drug-likeness (QED) is 0.294. The van der Waals surface area contributed by atoms with Gasteiger partial charge in [0.15, 0.2) is 0 Å². The maximum atomic E-state index is 13.1. The molecule has 1 saturated carbocycles. The van der Waals surface area contributed by atoms with E-state index in [4.69, 9.17) is 5.11 Å². The number of carboxylic acid groups (broad SMARTS) is 1. The molecule has 37 heavy (non-hydrogen) atoms. The highest BCUT2D eigenvalue weighted by molar-refractivity contribution is 5.82. The van der Waals surface area contributed by atoms with Crippen molar-refractivity contribution in [2.45, 2.75) is 44.2 Å². The molecule has 0 spiro atoms. The average molecular weight is 504 g/mol. The summed E-state index contributed by atoms with van der Waals surface area (Å²) in [4.78, 5) is 18.3. The van der Waals surface area contributed by atoms with Crippen molar-refractivity contribution in [3.8, 4) is 28.6 Å². The fourth-order valence-corrected chi connectivity index (χ4v) is 5.23. The second kappa shape index (κ2) is 9.74. The van der Waals surface area contributed by atoms with Gasteiger partial charge in [0.1, 0.15) is 5.82 Å². The number of hydrogen-bond acceptors (Lipinski definition) is 3. The molecular weight excluding hydrogens is 479 g/mol. The first-order valence-corrected chi connectivity index (χ1v) is 12.1. The number of aromatic amines is 1. The summed E-state index contributed by atoms with van der Waals surface area (Å²) in [6.45, 7) is 0. The molecule has 188 valence electrons. The van der Waals surface area contributed by atoms with E-state index in [-0.39, 0.29) is 17.9 Å². The van der Waals surface area contributed by atoms with Gasteiger partial charge in [-0.1, -0.05) is 30.3 Å². The molecule has 5 rings (SSSR count). The highest BCUT2D eigenvalue weighted by Gasteiger charge is 2.31. The van der Waals surface area contributed by atoms with Gasteiger partial charge in [0.2, 0.25) is 0 Å². The van der Waals surface area contributed by atoms with Gasteiger partial charge in [0.05, 0.1) is 28.2 Å². The van der Waals surface area contributed by atoms with Crippen LogP contribution in [-0.2, 0) is 11.0 Å². The minimum atomic E-state index is -4.45. The molecule has 0 saturated heterocycles. The number of nitrogens with one attached hydrogen (secondary N) is 1. The maximum absolute atomic E-state index is 13.1. The summed E-state index contributed by atoms with van der Waals surface area (Å²) in [6, 6.07) is 19.1. The number of fused-ring (bicyclic) bond motifs is 1. The molecule has 2 N–H and O–H groups in total. The Hall–Kier alpha value is -4.12. The molecule has 0 aliphatic heterocycles. The van der Waals surface area contributed by atoms with E-state index in [1.54, 1.807) is 12.1 Å². The smallest absolute Gasteiger partial charge is 0.416 e. The Kier molecular flexibility index (Phi) is 6.46. The topological polar surface area (TPSA) is 89.8 Å². The molecule has 5 nitrogen and oxygen atoms in total. The van der Waals surface area contributed by atoms with E-state index in [2.05, 4.69) is 28.2 Å². The van der Waals surface area contributed by atoms with Crippen LogP contribution in [0.4, 0.5) is 13.2 Å². The van der Waals surface area contributed by atoms with Crippen LogP contribution in [0.2, 0.25) is 0 Å². The molecule has 0 bridgehead atoms. The lowest BCUT2D eigenvalue weighted by Gasteiger charge is -2.28. The van der Waals surface area contributed by atoms with E-state index >= 15 is 0 Å². The molecule has 0 unspecified atom stereocenters. The van der Waals surface area contributed by atoms with E-state index in [0.29, 0.717) is 28.4 Å². The van der Waals surface area contributed by atoms with E-state index in [9.17, 15) is 23.2 Å². The molecule has 3 aromatic carbocycles. The first-order valence-electron chi connectivity index (χ1n) is 12.1. The summed E-state index contributed by atoms with van der Waals surface area (Å²) >= 11 is 0. The summed E-state index contributed by atoms with van der Waals surface area (Å²) in [6.07, 6.45) is -0.408. The molecule has 8 heteroatoms. The largest absolute Gasteiger partial charge is 0.481 e. The van der Waals surface area contributed by atoms with Crippen LogP contribution in [0.25, 0.3) is 33.5 Å². The predicted molar refractivity (Wildman–Crippen MR) is 134 cm³/mol. The Balaban J connectivity index is 1.36. The number of carbonyl (C=O) groups is 1. The van der Waals surface area contributed by atoms with Crippen LogP contribution >= 0.6 is 0 Å². The van der Waals surface area contributed by atoms with E-state index in [0.717, 1.165) is 48.9 Å². The lowest BCUT2D eigenvalue weighted by atomic mass is 9.77. The molecule has 0 atom stereocenters. The SMILES string of the molecule is N#Cc1cc(-c2ccc(C3CCC(CC(=O)O)CC3)cc2)ccc1-c1nc2ccc(C(F)(F)F)cc2[nH]1. The lowest BCUT2D eigenvalue weighted by Crippen LogP contribution is -2.16. The van der Waals surface area contributed by atoms with Crippen molar-refractivity contribution in [2.24, 2.45) is 5.92 Å². The summed E-state index contributed by atoms with van der Waals surface area (Å²) < 4.78 is 39.2. The van der Waals surface area contributed by atoms with Crippen molar-refractivity contribution in [3.63, 3.8) is 0 Å². The number of hydrogen-bond donors (Lipinski definition) is 2. The number of alkyl halides is 3. The van der Waals surface area contributed by atoms with Crippen LogP contribution in [0.5, 0.6) is 0 Å². The van der Waals surface area contributed by atoms with Crippen molar-refractivity contribution in [3.05, 3.63) is 77.4 Å². The molecule has 1 aliphatic rings. The van der Waals surface area contributed by atoms with Crippen molar-refractivity contribution in [1.82, 2.24) is 9.97 Å². The van der Waals surface area contributed by atoms with Crippen LogP contribution in [0.15, 0.2) is 60.7 Å². The van der Waals surface area contributed by atoms with Gasteiger partial charge in [-0.2, -0.15) is 18.4 Å². The zero-order valence-corrected chi connectivity index (χ0v) is 19.8. The second-order valence-electron chi connectivity index (χ2n) is 9.62. The number of aliphatic carboxylic acids is 1. The number of nitriles is 1. The molecule has 0 amide bonds. The zero-order chi connectivity index (χ0) is 26.2. The number of carboxylic acids is 1. The summed E-state index contributed by atoms with van der Waals surface area (Å²) in [5, 5.41) is 18.8. The number of nitrogens with zero attached hydrogens (tertiary/aromatic N) is 2. The van der Waals surface area contributed by atoms with Crippen molar-refractivity contribution >= 4 is 17.0 Å². The summed E-state index contributed by atoms with van der Waals surface area (Å²) in [5.41, 5.74) is 3.81. The van der Waals surface area contributed by atoms with Gasteiger partial charge in [-0.15, -0.1) is 0 Å². The number of rotatable bonds is 5. The Labute approximate surface area is 211 Å². The fourth-order valence-electron chi connectivity index (χ4n) is 5.23. The number of benzene rings is 3. The van der Waals surface area contributed by atoms with Crippen LogP contribution < -0.4 is 0 Å². The maximum Gasteiger partial charge on any atom is 0.416 e. The Morgan fingerprint density at radius 1 is 1.00 bits per heavy atom. The number of imidazole rings is 1. The monoisotopic (exact) mass is 503 g/mol. The van der Waals surface area contributed by atoms with Crippen LogP contribution in [0.1, 0.15) is 54.7 Å². The zero-order valence-electron chi connectivity index (χ0n) is 19.8. The van der Waals surface area contributed by atoms with Gasteiger partial charge < -0.3 is 10.1 Å². The van der Waals surface area contributed by atoms with Crippen LogP contribution in [-0.4, -0.2) is 21.0 Å². The Morgan fingerprint density at radius 3 is 2.35 bits per heavy atom. The van der Waals surface area contributed by atoms with Crippen LogP contribution in [0.3, 0.4) is 0 Å². The summed E-state index contributed by atoms with van der Waals surface area (Å²) in [7, 11) is 0. The molecule has 1 heterocycles. The molecule has 1 aliphatic carbocycles. The highest BCUT2D eigenvalue weighted by atomic mass is 19.4. The number of halogens is 3. The van der Waals surface area contributed by atoms with Crippen molar-refractivity contribution in [1.29, 1.82) is 5.26 Å². The Morgan fingerprint density at radius 2 is 1.70 bits per heavy atom. The first kappa shape index (κ1) is 24.6. The molecule has 0 radical (unpaired) electrons. The predicted octanol–water partition coefficient (Wildman–Crippen LogP) is 7.54. The number of aromatic nitrogens is 2. The number of H-pyrrole nitrogens is 1. The molecule has 1 aromatic heterocycles. The van der Waals surface area contributed by atoms with Crippen LogP contribution in [0, 0.1) is 17.2 Å². The van der Waals surface area contributed by atoms with E-state index in [1.807, 2.05) is 18.2 Å². The van der Waals surface area contributed by atoms with Gasteiger partial charge in [0.25, 0.3) is 0 Å². The van der Waals surface area contributed by atoms with Gasteiger partial charge in [-0.05, 0) is 84.5 Å². The minimum absolute atomic E-state index is 0.242. The average Bonchev–Trinajstić information content (AvgIpc) is 3.31. The normalized spacial score (nSPS) is 18.0. The van der Waals surface area contributed by atoms with Gasteiger partial charge in [-0.25, -0.2) is 4.98 Å². The minimum Gasteiger partial charge on any atom is -0.481 e. The lowest BCUT2D eigenvalue weighted by molar-refractivity contribution is -0.138. The third kappa shape index (κ3) is 5.21. The standard InChI is InChI=1S/C29H24F3N3O2/c30-29(31,32)23-10-12-25-26(15-23)35-28(34-25)24-11-9-21(14-22(24)16-33)20-7-5-19(6-8-20)18-3-1-17(2-4-18)13-27(36)37/h5-12,14-15,17-18H,1-4,13H2,(H,34,35)(H,36,37). The molecular formula is C29H24F3N3O2. The van der Waals surface area contributed by atoms with Gasteiger partial charge in [-0.3, -0.25) is 4.79 Å². The first-order chi connectivity index (χ1) is 17.7. The Bertz CT molecular complexity index is 1490. The van der Waals surface area contributed by atoms with Gasteiger partial charge >= 0.3 is 12.1 Å². The highest BCUT2D eigenvalue weighted by Crippen LogP contribution is 2.38. The van der Waals surface area contributed by atoms with Crippen molar-refractivity contribution in [2.75, 3.05) is 0 Å². The second-order valence-corrected chi connectivity index (χ2v) is 9.62. The van der Waals surface area contributed by atoms with Crippen molar-refractivity contribution < 1.29 is 23.1 Å². The molecule has 4 aromatic rings. The molecule has 1 fully saturated rings. The summed E-state index contributed by atoms with van der Waals surface area (Å²) in [5.74, 6) is 0.286. The van der Waals surface area contributed by atoms with Gasteiger partial charge in [0, 0.05) is 12.0 Å². The fraction of sp³-hybridized carbons (Fsp3) is 0.276. The third-order valence-electron chi connectivity index (χ3n) is 7.23. The van der Waals surface area contributed by atoms with E-state index in [1.165, 1.54) is 11.6 Å². The van der Waals surface area contributed by atoms with E-state index < -0.39 is 17.7 Å². The third-order valence-corrected chi connectivity index (χ3v) is 7.23.